The highest BCUT2D eigenvalue weighted by Crippen LogP contribution is 2.31. The third-order valence-electron chi connectivity index (χ3n) is 4.14. The molecule has 0 spiro atoms. The van der Waals surface area contributed by atoms with Crippen LogP contribution in [0.1, 0.15) is 18.4 Å². The summed E-state index contributed by atoms with van der Waals surface area (Å²) in [6, 6.07) is 4.42. The van der Waals surface area contributed by atoms with Crippen LogP contribution in [-0.2, 0) is 14.3 Å². The third kappa shape index (κ3) is 4.31. The second kappa shape index (κ2) is 7.73. The van der Waals surface area contributed by atoms with Crippen molar-refractivity contribution in [2.24, 2.45) is 0 Å². The number of aliphatic hydroxyl groups excluding tert-OH is 2. The van der Waals surface area contributed by atoms with Gasteiger partial charge in [-0.25, -0.2) is 9.59 Å². The Hall–Kier alpha value is -2.62. The van der Waals surface area contributed by atoms with E-state index in [0.717, 1.165) is 6.08 Å². The molecule has 0 aliphatic heterocycles. The topological polar surface area (TPSA) is 154 Å². The molecule has 142 valence electrons. The second-order valence-electron chi connectivity index (χ2n) is 6.04. The summed E-state index contributed by atoms with van der Waals surface area (Å²) >= 11 is 0. The fraction of sp³-hybridized carbons (Fsp3) is 0.412. The third-order valence-corrected chi connectivity index (χ3v) is 4.14. The zero-order chi connectivity index (χ0) is 19.5. The van der Waals surface area contributed by atoms with Gasteiger partial charge in [0.1, 0.15) is 12.2 Å². The molecule has 1 aromatic rings. The predicted molar refractivity (Wildman–Crippen MR) is 87.4 cm³/mol. The number of carbonyl (C=O) groups excluding carboxylic acids is 1. The van der Waals surface area contributed by atoms with Crippen LogP contribution in [0, 0.1) is 0 Å². The Morgan fingerprint density at radius 3 is 2.54 bits per heavy atom. The Balaban J connectivity index is 2.06. The highest BCUT2D eigenvalue weighted by atomic mass is 16.6. The first-order valence-electron chi connectivity index (χ1n) is 7.74. The van der Waals surface area contributed by atoms with Gasteiger partial charge in [-0.05, 0) is 23.8 Å². The van der Waals surface area contributed by atoms with Crippen LogP contribution in [0.25, 0.3) is 6.08 Å². The Morgan fingerprint density at radius 1 is 1.27 bits per heavy atom. The highest BCUT2D eigenvalue weighted by Gasteiger charge is 2.50. The summed E-state index contributed by atoms with van der Waals surface area (Å²) in [4.78, 5) is 23.0. The van der Waals surface area contributed by atoms with E-state index in [-0.39, 0.29) is 11.5 Å². The zero-order valence-electron chi connectivity index (χ0n) is 13.9. The first-order valence-corrected chi connectivity index (χ1v) is 7.74. The molecule has 0 unspecified atom stereocenters. The number of ether oxygens (including phenoxy) is 2. The Kier molecular flexibility index (Phi) is 5.86. The Bertz CT molecular complexity index is 714. The number of aromatic hydroxyl groups is 1. The number of phenols is 1. The van der Waals surface area contributed by atoms with E-state index < -0.39 is 48.7 Å². The van der Waals surface area contributed by atoms with Gasteiger partial charge in [-0.15, -0.1) is 0 Å². The van der Waals surface area contributed by atoms with Crippen molar-refractivity contribution >= 4 is 18.0 Å². The van der Waals surface area contributed by atoms with Gasteiger partial charge in [-0.3, -0.25) is 0 Å². The fourth-order valence-corrected chi connectivity index (χ4v) is 2.70. The van der Waals surface area contributed by atoms with E-state index in [1.54, 1.807) is 6.07 Å². The van der Waals surface area contributed by atoms with Crippen LogP contribution in [0.3, 0.4) is 0 Å². The number of phenolic OH excluding ortho intramolecular Hbond substituents is 1. The van der Waals surface area contributed by atoms with Crippen LogP contribution in [0.2, 0.25) is 0 Å². The number of carboxylic acids is 1. The average Bonchev–Trinajstić information content (AvgIpc) is 2.57. The number of carboxylic acid groups (broad SMARTS) is 1. The number of carbonyl (C=O) groups is 2. The van der Waals surface area contributed by atoms with Gasteiger partial charge in [0, 0.05) is 18.9 Å². The highest BCUT2D eigenvalue weighted by molar-refractivity contribution is 5.87. The van der Waals surface area contributed by atoms with Crippen LogP contribution >= 0.6 is 0 Å². The molecular weight excluding hydrogens is 348 g/mol. The molecule has 0 aromatic heterocycles. The summed E-state index contributed by atoms with van der Waals surface area (Å²) in [6.07, 6.45) is -3.24. The van der Waals surface area contributed by atoms with Crippen molar-refractivity contribution in [3.63, 3.8) is 0 Å². The summed E-state index contributed by atoms with van der Waals surface area (Å²) in [7, 11) is 1.39. The molecule has 1 aliphatic carbocycles. The van der Waals surface area contributed by atoms with Crippen LogP contribution < -0.4 is 4.74 Å². The van der Waals surface area contributed by atoms with E-state index >= 15 is 0 Å². The van der Waals surface area contributed by atoms with Gasteiger partial charge in [-0.2, -0.15) is 0 Å². The standard InChI is InChI=1S/C17H20O9/c1-25-12-4-2-9(6-10(12)18)3-5-14(20)26-13-8-17(24,16(22)23)7-11(19)15(13)21/h2-6,11,13,15,18-19,21,24H,7-8H2,1H3,(H,22,23)/t11-,13-,15-,17+/m0/s1. The van der Waals surface area contributed by atoms with Gasteiger partial charge in [-0.1, -0.05) is 6.07 Å². The van der Waals surface area contributed by atoms with Crippen LogP contribution in [0.15, 0.2) is 24.3 Å². The van der Waals surface area contributed by atoms with Gasteiger partial charge in [0.2, 0.25) is 0 Å². The lowest BCUT2D eigenvalue weighted by atomic mass is 9.79. The zero-order valence-corrected chi connectivity index (χ0v) is 13.9. The van der Waals surface area contributed by atoms with Gasteiger partial charge in [0.15, 0.2) is 17.1 Å². The Labute approximate surface area is 148 Å². The van der Waals surface area contributed by atoms with E-state index in [9.17, 15) is 30.0 Å². The number of methoxy groups -OCH3 is 1. The summed E-state index contributed by atoms with van der Waals surface area (Å²) in [6.45, 7) is 0. The molecule has 9 nitrogen and oxygen atoms in total. The summed E-state index contributed by atoms with van der Waals surface area (Å²) in [5, 5.41) is 48.3. The molecule has 1 fully saturated rings. The van der Waals surface area contributed by atoms with Gasteiger partial charge < -0.3 is 35.0 Å². The van der Waals surface area contributed by atoms with Gasteiger partial charge in [0.05, 0.1) is 13.2 Å². The van der Waals surface area contributed by atoms with Crippen molar-refractivity contribution in [1.82, 2.24) is 0 Å². The molecule has 0 bridgehead atoms. The molecule has 26 heavy (non-hydrogen) atoms. The number of aliphatic hydroxyl groups is 3. The van der Waals surface area contributed by atoms with Crippen LogP contribution in [-0.4, -0.2) is 68.5 Å². The minimum absolute atomic E-state index is 0.125. The summed E-state index contributed by atoms with van der Waals surface area (Å²) in [5.74, 6) is -2.35. The minimum Gasteiger partial charge on any atom is -0.504 e. The molecule has 0 amide bonds. The fourth-order valence-electron chi connectivity index (χ4n) is 2.70. The van der Waals surface area contributed by atoms with Crippen molar-refractivity contribution in [3.05, 3.63) is 29.8 Å². The molecule has 2 rings (SSSR count). The quantitative estimate of drug-likeness (QED) is 0.347. The number of hydrogen-bond acceptors (Lipinski definition) is 8. The number of hydrogen-bond donors (Lipinski definition) is 5. The second-order valence-corrected chi connectivity index (χ2v) is 6.04. The number of esters is 1. The predicted octanol–water partition coefficient (Wildman–Crippen LogP) is -0.343. The van der Waals surface area contributed by atoms with Crippen LogP contribution in [0.4, 0.5) is 0 Å². The number of rotatable bonds is 5. The molecule has 9 heteroatoms. The average molecular weight is 368 g/mol. The van der Waals surface area contributed by atoms with Crippen molar-refractivity contribution in [3.8, 4) is 11.5 Å². The minimum atomic E-state index is -2.30. The van der Waals surface area contributed by atoms with E-state index in [2.05, 4.69) is 0 Å². The maximum absolute atomic E-state index is 11.9. The SMILES string of the molecule is COc1ccc(C=CC(=O)O[C@H]2C[C@@](O)(C(=O)O)C[C@H](O)[C@@H]2O)cc1O. The summed E-state index contributed by atoms with van der Waals surface area (Å²) < 4.78 is 9.87. The van der Waals surface area contributed by atoms with E-state index in [1.807, 2.05) is 0 Å². The molecule has 0 radical (unpaired) electrons. The van der Waals surface area contributed by atoms with Crippen molar-refractivity contribution in [2.45, 2.75) is 36.8 Å². The maximum Gasteiger partial charge on any atom is 0.335 e. The normalized spacial score (nSPS) is 28.7. The van der Waals surface area contributed by atoms with Crippen LogP contribution in [0.5, 0.6) is 11.5 Å². The van der Waals surface area contributed by atoms with Crippen molar-refractivity contribution in [1.29, 1.82) is 0 Å². The molecular formula is C17H20O9. The molecule has 5 N–H and O–H groups in total. The molecule has 1 aliphatic rings. The molecule has 1 aromatic carbocycles. The number of benzene rings is 1. The van der Waals surface area contributed by atoms with Crippen molar-refractivity contribution < 1.29 is 44.6 Å². The lowest BCUT2D eigenvalue weighted by Crippen LogP contribution is -2.57. The summed E-state index contributed by atoms with van der Waals surface area (Å²) in [5.41, 5.74) is -1.83. The lowest BCUT2D eigenvalue weighted by Gasteiger charge is -2.39. The monoisotopic (exact) mass is 368 g/mol. The maximum atomic E-state index is 11.9. The molecule has 0 heterocycles. The van der Waals surface area contributed by atoms with E-state index in [0.29, 0.717) is 5.56 Å². The molecule has 1 saturated carbocycles. The smallest absolute Gasteiger partial charge is 0.335 e. The van der Waals surface area contributed by atoms with Crippen molar-refractivity contribution in [2.75, 3.05) is 7.11 Å². The molecule has 0 saturated heterocycles. The van der Waals surface area contributed by atoms with Gasteiger partial charge >= 0.3 is 11.9 Å². The molecule has 4 atom stereocenters. The van der Waals surface area contributed by atoms with E-state index in [1.165, 1.54) is 25.3 Å². The largest absolute Gasteiger partial charge is 0.504 e. The first kappa shape index (κ1) is 19.7. The van der Waals surface area contributed by atoms with Gasteiger partial charge in [0.25, 0.3) is 0 Å². The van der Waals surface area contributed by atoms with E-state index in [4.69, 9.17) is 14.6 Å². The lowest BCUT2D eigenvalue weighted by molar-refractivity contribution is -0.196. The number of aliphatic carboxylic acids is 1. The Morgan fingerprint density at radius 2 is 1.96 bits per heavy atom. The first-order chi connectivity index (χ1) is 12.2.